The molecular weight excluding hydrogens is 336 g/mol. The Hall–Kier alpha value is -2.20. The molecule has 0 bridgehead atoms. The van der Waals surface area contributed by atoms with E-state index >= 15 is 0 Å². The standard InChI is InChI=1S/C15H26N2O8/c18-12(19)8-16(9-13(20)21)6-4-2-1-3-5-7-17(10-14(22)23)11-15(24)25/h1-11H2,(H,18,19)(H,20,21)(H,22,23)(H,24,25). The van der Waals surface area contributed by atoms with Crippen molar-refractivity contribution in [3.05, 3.63) is 0 Å². The average molecular weight is 362 g/mol. The number of carboxylic acids is 4. The molecule has 0 unspecified atom stereocenters. The highest BCUT2D eigenvalue weighted by molar-refractivity contribution is 5.73. The quantitative estimate of drug-likeness (QED) is 0.273. The van der Waals surface area contributed by atoms with Crippen LogP contribution in [0.5, 0.6) is 0 Å². The summed E-state index contributed by atoms with van der Waals surface area (Å²) in [5, 5.41) is 34.9. The number of hydrogen-bond donors (Lipinski definition) is 4. The maximum atomic E-state index is 10.7. The summed E-state index contributed by atoms with van der Waals surface area (Å²) < 4.78 is 0. The van der Waals surface area contributed by atoms with Crippen LogP contribution in [0.2, 0.25) is 0 Å². The molecule has 0 aromatic carbocycles. The lowest BCUT2D eigenvalue weighted by atomic mass is 10.1. The van der Waals surface area contributed by atoms with Crippen molar-refractivity contribution in [2.45, 2.75) is 32.1 Å². The fourth-order valence-electron chi connectivity index (χ4n) is 2.39. The lowest BCUT2D eigenvalue weighted by molar-refractivity contribution is -0.143. The van der Waals surface area contributed by atoms with Crippen LogP contribution in [0.1, 0.15) is 32.1 Å². The Morgan fingerprint density at radius 1 is 0.480 bits per heavy atom. The highest BCUT2D eigenvalue weighted by atomic mass is 16.4. The fraction of sp³-hybridized carbons (Fsp3) is 0.733. The number of rotatable bonds is 16. The molecular formula is C15H26N2O8. The Kier molecular flexibility index (Phi) is 12.0. The van der Waals surface area contributed by atoms with Gasteiger partial charge in [-0.2, -0.15) is 0 Å². The normalized spacial score (nSPS) is 11.0. The van der Waals surface area contributed by atoms with Crippen molar-refractivity contribution in [2.75, 3.05) is 39.3 Å². The van der Waals surface area contributed by atoms with E-state index in [1.807, 2.05) is 0 Å². The molecule has 144 valence electrons. The van der Waals surface area contributed by atoms with E-state index in [1.165, 1.54) is 9.80 Å². The van der Waals surface area contributed by atoms with Gasteiger partial charge in [0.1, 0.15) is 0 Å². The summed E-state index contributed by atoms with van der Waals surface area (Å²) in [5.41, 5.74) is 0. The molecule has 10 heteroatoms. The summed E-state index contributed by atoms with van der Waals surface area (Å²) in [6.07, 6.45) is 3.71. The van der Waals surface area contributed by atoms with Crippen molar-refractivity contribution < 1.29 is 39.6 Å². The molecule has 0 aliphatic carbocycles. The maximum Gasteiger partial charge on any atom is 0.317 e. The van der Waals surface area contributed by atoms with E-state index in [0.717, 1.165) is 19.3 Å². The Labute approximate surface area is 145 Å². The van der Waals surface area contributed by atoms with Gasteiger partial charge in [0.2, 0.25) is 0 Å². The van der Waals surface area contributed by atoms with Gasteiger partial charge in [-0.1, -0.05) is 19.3 Å². The van der Waals surface area contributed by atoms with Crippen LogP contribution < -0.4 is 0 Å². The predicted octanol–water partition coefficient (Wildman–Crippen LogP) is -0.121. The smallest absolute Gasteiger partial charge is 0.317 e. The zero-order chi connectivity index (χ0) is 19.2. The molecule has 0 aromatic heterocycles. The molecule has 0 saturated carbocycles. The first kappa shape index (κ1) is 22.8. The molecule has 0 fully saturated rings. The van der Waals surface area contributed by atoms with Crippen molar-refractivity contribution in [1.29, 1.82) is 0 Å². The first-order valence-electron chi connectivity index (χ1n) is 8.02. The molecule has 0 radical (unpaired) electrons. The van der Waals surface area contributed by atoms with E-state index in [-0.39, 0.29) is 26.2 Å². The third-order valence-corrected chi connectivity index (χ3v) is 3.38. The van der Waals surface area contributed by atoms with Gasteiger partial charge < -0.3 is 20.4 Å². The lowest BCUT2D eigenvalue weighted by Crippen LogP contribution is -2.35. The Bertz CT molecular complexity index is 383. The second-order valence-electron chi connectivity index (χ2n) is 5.76. The molecule has 0 atom stereocenters. The largest absolute Gasteiger partial charge is 0.480 e. The van der Waals surface area contributed by atoms with Gasteiger partial charge in [0.05, 0.1) is 26.2 Å². The number of unbranched alkanes of at least 4 members (excludes halogenated alkanes) is 4. The van der Waals surface area contributed by atoms with Gasteiger partial charge in [0.25, 0.3) is 0 Å². The van der Waals surface area contributed by atoms with Gasteiger partial charge in [-0.05, 0) is 25.9 Å². The van der Waals surface area contributed by atoms with Gasteiger partial charge in [-0.25, -0.2) is 0 Å². The van der Waals surface area contributed by atoms with E-state index in [2.05, 4.69) is 0 Å². The molecule has 0 rings (SSSR count). The number of nitrogens with zero attached hydrogens (tertiary/aromatic N) is 2. The monoisotopic (exact) mass is 362 g/mol. The Balaban J connectivity index is 3.91. The highest BCUT2D eigenvalue weighted by Gasteiger charge is 2.14. The van der Waals surface area contributed by atoms with E-state index in [4.69, 9.17) is 20.4 Å². The number of aliphatic carboxylic acids is 4. The molecule has 0 aliphatic heterocycles. The van der Waals surface area contributed by atoms with E-state index in [0.29, 0.717) is 25.9 Å². The highest BCUT2D eigenvalue weighted by Crippen LogP contribution is 2.06. The minimum absolute atomic E-state index is 0.314. The minimum atomic E-state index is -1.07. The molecule has 0 aromatic rings. The molecule has 25 heavy (non-hydrogen) atoms. The number of carbonyl (C=O) groups is 4. The molecule has 0 aliphatic rings. The number of hydrogen-bond acceptors (Lipinski definition) is 6. The van der Waals surface area contributed by atoms with Gasteiger partial charge >= 0.3 is 23.9 Å². The van der Waals surface area contributed by atoms with Crippen molar-refractivity contribution in [2.24, 2.45) is 0 Å². The van der Waals surface area contributed by atoms with Crippen LogP contribution >= 0.6 is 0 Å². The van der Waals surface area contributed by atoms with Crippen LogP contribution in [0.3, 0.4) is 0 Å². The van der Waals surface area contributed by atoms with Gasteiger partial charge in [-0.15, -0.1) is 0 Å². The summed E-state index contributed by atoms with van der Waals surface area (Å²) in [6.45, 7) is -0.500. The first-order chi connectivity index (χ1) is 11.7. The zero-order valence-electron chi connectivity index (χ0n) is 14.1. The van der Waals surface area contributed by atoms with Crippen LogP contribution in [0.15, 0.2) is 0 Å². The summed E-state index contributed by atoms with van der Waals surface area (Å²) in [6, 6.07) is 0. The van der Waals surface area contributed by atoms with Gasteiger partial charge in [0, 0.05) is 0 Å². The van der Waals surface area contributed by atoms with Crippen LogP contribution in [0.25, 0.3) is 0 Å². The van der Waals surface area contributed by atoms with Crippen molar-refractivity contribution in [3.63, 3.8) is 0 Å². The minimum Gasteiger partial charge on any atom is -0.480 e. The molecule has 0 heterocycles. The SMILES string of the molecule is O=C(O)CN(CCCCCCCN(CC(=O)O)CC(=O)O)CC(=O)O. The van der Waals surface area contributed by atoms with Crippen molar-refractivity contribution in [1.82, 2.24) is 9.80 Å². The average Bonchev–Trinajstić information content (AvgIpc) is 2.43. The summed E-state index contributed by atoms with van der Waals surface area (Å²) in [7, 11) is 0. The van der Waals surface area contributed by atoms with E-state index < -0.39 is 23.9 Å². The lowest BCUT2D eigenvalue weighted by Gasteiger charge is -2.18. The first-order valence-corrected chi connectivity index (χ1v) is 8.02. The third kappa shape index (κ3) is 15.1. The summed E-state index contributed by atoms with van der Waals surface area (Å²) >= 11 is 0. The number of carboxylic acid groups (broad SMARTS) is 4. The van der Waals surface area contributed by atoms with E-state index in [1.54, 1.807) is 0 Å². The zero-order valence-corrected chi connectivity index (χ0v) is 14.1. The maximum absolute atomic E-state index is 10.7. The van der Waals surface area contributed by atoms with Crippen LogP contribution in [0, 0.1) is 0 Å². The van der Waals surface area contributed by atoms with Gasteiger partial charge in [-0.3, -0.25) is 29.0 Å². The predicted molar refractivity (Wildman–Crippen MR) is 86.5 cm³/mol. The summed E-state index contributed by atoms with van der Waals surface area (Å²) in [4.78, 5) is 45.3. The van der Waals surface area contributed by atoms with Crippen LogP contribution in [-0.2, 0) is 19.2 Å². The Morgan fingerprint density at radius 2 is 0.720 bits per heavy atom. The molecule has 10 nitrogen and oxygen atoms in total. The second-order valence-corrected chi connectivity index (χ2v) is 5.76. The topological polar surface area (TPSA) is 156 Å². The molecule has 0 spiro atoms. The van der Waals surface area contributed by atoms with Crippen molar-refractivity contribution in [3.8, 4) is 0 Å². The molecule has 0 saturated heterocycles. The van der Waals surface area contributed by atoms with Gasteiger partial charge in [0.15, 0.2) is 0 Å². The van der Waals surface area contributed by atoms with Crippen LogP contribution in [-0.4, -0.2) is 93.4 Å². The third-order valence-electron chi connectivity index (χ3n) is 3.38. The second kappa shape index (κ2) is 13.1. The summed E-state index contributed by atoms with van der Waals surface area (Å²) in [5.74, 6) is -4.28. The van der Waals surface area contributed by atoms with E-state index in [9.17, 15) is 19.2 Å². The van der Waals surface area contributed by atoms with Crippen molar-refractivity contribution >= 4 is 23.9 Å². The Morgan fingerprint density at radius 3 is 0.960 bits per heavy atom. The van der Waals surface area contributed by atoms with Crippen LogP contribution in [0.4, 0.5) is 0 Å². The fourth-order valence-corrected chi connectivity index (χ4v) is 2.39. The molecule has 4 N–H and O–H groups in total. The molecule has 0 amide bonds.